The van der Waals surface area contributed by atoms with E-state index in [9.17, 15) is 4.79 Å². The lowest BCUT2D eigenvalue weighted by molar-refractivity contribution is -0.122. The first kappa shape index (κ1) is 16.4. The number of nitrogens with one attached hydrogen (secondary N) is 2. The van der Waals surface area contributed by atoms with Crippen LogP contribution in [0.5, 0.6) is 0 Å². The predicted molar refractivity (Wildman–Crippen MR) is 88.1 cm³/mol. The zero-order chi connectivity index (χ0) is 15.3. The summed E-state index contributed by atoms with van der Waals surface area (Å²) in [5.41, 5.74) is 8.31. The van der Waals surface area contributed by atoms with Crippen molar-refractivity contribution in [3.05, 3.63) is 29.3 Å². The maximum Gasteiger partial charge on any atom is 0.222 e. The minimum Gasteiger partial charge on any atom is -0.389 e. The molecular formula is C15H23N3OS. The van der Waals surface area contributed by atoms with Crippen molar-refractivity contribution in [2.24, 2.45) is 5.73 Å². The van der Waals surface area contributed by atoms with E-state index in [1.807, 2.05) is 45.9 Å². The first-order valence-corrected chi connectivity index (χ1v) is 7.05. The average molecular weight is 293 g/mol. The van der Waals surface area contributed by atoms with E-state index in [-0.39, 0.29) is 11.4 Å². The minimum absolute atomic E-state index is 0.0430. The Kier molecular flexibility index (Phi) is 5.51. The van der Waals surface area contributed by atoms with E-state index in [0.717, 1.165) is 16.8 Å². The Morgan fingerprint density at radius 2 is 2.00 bits per heavy atom. The number of carbonyl (C=O) groups is 1. The Hall–Kier alpha value is -1.62. The molecule has 0 spiro atoms. The Labute approximate surface area is 126 Å². The van der Waals surface area contributed by atoms with Gasteiger partial charge in [-0.25, -0.2) is 0 Å². The highest BCUT2D eigenvalue weighted by Gasteiger charge is 2.13. The molecule has 1 amide bonds. The number of amides is 1. The SMILES string of the molecule is Cc1cc(NCCC(=O)NC(C)(C)C)ccc1C(N)=S. The number of aryl methyl sites for hydroxylation is 1. The molecule has 20 heavy (non-hydrogen) atoms. The van der Waals surface area contributed by atoms with Crippen molar-refractivity contribution in [3.63, 3.8) is 0 Å². The quantitative estimate of drug-likeness (QED) is 0.729. The number of thiocarbonyl (C=S) groups is 1. The summed E-state index contributed by atoms with van der Waals surface area (Å²) in [6, 6.07) is 5.80. The van der Waals surface area contributed by atoms with Crippen LogP contribution < -0.4 is 16.4 Å². The van der Waals surface area contributed by atoms with Crippen LogP contribution in [0.15, 0.2) is 18.2 Å². The Morgan fingerprint density at radius 1 is 1.35 bits per heavy atom. The van der Waals surface area contributed by atoms with Gasteiger partial charge >= 0.3 is 0 Å². The Balaban J connectivity index is 2.49. The molecule has 0 saturated heterocycles. The van der Waals surface area contributed by atoms with Crippen molar-refractivity contribution in [1.29, 1.82) is 0 Å². The Bertz CT molecular complexity index is 506. The number of hydrogen-bond donors (Lipinski definition) is 3. The summed E-state index contributed by atoms with van der Waals surface area (Å²) in [4.78, 5) is 12.1. The molecule has 0 bridgehead atoms. The fourth-order valence-electron chi connectivity index (χ4n) is 1.85. The number of rotatable bonds is 5. The number of anilines is 1. The van der Waals surface area contributed by atoms with Crippen molar-refractivity contribution in [1.82, 2.24) is 5.32 Å². The zero-order valence-electron chi connectivity index (χ0n) is 12.5. The molecule has 1 rings (SSSR count). The highest BCUT2D eigenvalue weighted by molar-refractivity contribution is 7.80. The summed E-state index contributed by atoms with van der Waals surface area (Å²) >= 11 is 4.97. The lowest BCUT2D eigenvalue weighted by Gasteiger charge is -2.20. The van der Waals surface area contributed by atoms with Crippen LogP contribution in [0.2, 0.25) is 0 Å². The van der Waals surface area contributed by atoms with Crippen LogP contribution in [0.3, 0.4) is 0 Å². The van der Waals surface area contributed by atoms with Gasteiger partial charge in [-0.1, -0.05) is 12.2 Å². The van der Waals surface area contributed by atoms with E-state index in [4.69, 9.17) is 18.0 Å². The monoisotopic (exact) mass is 293 g/mol. The average Bonchev–Trinajstić information content (AvgIpc) is 2.25. The molecule has 0 heterocycles. The summed E-state index contributed by atoms with van der Waals surface area (Å²) in [6.45, 7) is 8.46. The molecule has 110 valence electrons. The molecular weight excluding hydrogens is 270 g/mol. The topological polar surface area (TPSA) is 67.2 Å². The van der Waals surface area contributed by atoms with Gasteiger partial charge < -0.3 is 16.4 Å². The second-order valence-corrected chi connectivity index (χ2v) is 6.31. The third-order valence-corrected chi connectivity index (χ3v) is 2.91. The van der Waals surface area contributed by atoms with Crippen LogP contribution >= 0.6 is 12.2 Å². The van der Waals surface area contributed by atoms with Crippen molar-refractivity contribution in [2.45, 2.75) is 39.7 Å². The molecule has 1 aromatic rings. The van der Waals surface area contributed by atoms with E-state index in [2.05, 4.69) is 10.6 Å². The lowest BCUT2D eigenvalue weighted by atomic mass is 10.1. The summed E-state index contributed by atoms with van der Waals surface area (Å²) in [5, 5.41) is 6.15. The third-order valence-electron chi connectivity index (χ3n) is 2.69. The van der Waals surface area contributed by atoms with Crippen LogP contribution in [0.25, 0.3) is 0 Å². The number of benzene rings is 1. The molecule has 0 aliphatic carbocycles. The summed E-state index contributed by atoms with van der Waals surface area (Å²) in [6.07, 6.45) is 0.438. The zero-order valence-corrected chi connectivity index (χ0v) is 13.4. The van der Waals surface area contributed by atoms with Crippen molar-refractivity contribution in [2.75, 3.05) is 11.9 Å². The maximum absolute atomic E-state index is 11.7. The second-order valence-electron chi connectivity index (χ2n) is 5.87. The number of hydrogen-bond acceptors (Lipinski definition) is 3. The maximum atomic E-state index is 11.7. The fourth-order valence-corrected chi connectivity index (χ4v) is 2.08. The van der Waals surface area contributed by atoms with Gasteiger partial charge in [0.05, 0.1) is 0 Å². The molecule has 0 fully saturated rings. The molecule has 4 N–H and O–H groups in total. The van der Waals surface area contributed by atoms with Gasteiger partial charge in [-0.05, 0) is 51.5 Å². The molecule has 0 unspecified atom stereocenters. The molecule has 1 aromatic carbocycles. The molecule has 0 aliphatic rings. The van der Waals surface area contributed by atoms with E-state index in [1.165, 1.54) is 0 Å². The van der Waals surface area contributed by atoms with Crippen LogP contribution in [0, 0.1) is 6.92 Å². The molecule has 5 heteroatoms. The van der Waals surface area contributed by atoms with Crippen molar-refractivity contribution in [3.8, 4) is 0 Å². The molecule has 0 aromatic heterocycles. The molecule has 0 atom stereocenters. The molecule has 0 radical (unpaired) electrons. The van der Waals surface area contributed by atoms with Gasteiger partial charge in [-0.2, -0.15) is 0 Å². The number of carbonyl (C=O) groups excluding carboxylic acids is 1. The normalized spacial score (nSPS) is 11.0. The Morgan fingerprint density at radius 3 is 2.50 bits per heavy atom. The number of nitrogens with two attached hydrogens (primary N) is 1. The highest BCUT2D eigenvalue weighted by atomic mass is 32.1. The lowest BCUT2D eigenvalue weighted by Crippen LogP contribution is -2.41. The standard InChI is InChI=1S/C15H23N3OS/c1-10-9-11(5-6-12(10)14(16)20)17-8-7-13(19)18-15(2,3)4/h5-6,9,17H,7-8H2,1-4H3,(H2,16,20)(H,18,19). The van der Waals surface area contributed by atoms with Gasteiger partial charge in [0.1, 0.15) is 4.99 Å². The fraction of sp³-hybridized carbons (Fsp3) is 0.467. The van der Waals surface area contributed by atoms with E-state index in [0.29, 0.717) is 18.0 Å². The molecule has 0 saturated carbocycles. The summed E-state index contributed by atoms with van der Waals surface area (Å²) in [5.74, 6) is 0.0430. The molecule has 4 nitrogen and oxygen atoms in total. The van der Waals surface area contributed by atoms with Crippen LogP contribution in [0.1, 0.15) is 38.3 Å². The van der Waals surface area contributed by atoms with Gasteiger partial charge in [0.25, 0.3) is 0 Å². The van der Waals surface area contributed by atoms with Crippen molar-refractivity contribution < 1.29 is 4.79 Å². The van der Waals surface area contributed by atoms with Gasteiger partial charge in [-0.15, -0.1) is 0 Å². The van der Waals surface area contributed by atoms with Gasteiger partial charge in [-0.3, -0.25) is 4.79 Å². The summed E-state index contributed by atoms with van der Waals surface area (Å²) < 4.78 is 0. The van der Waals surface area contributed by atoms with E-state index in [1.54, 1.807) is 0 Å². The second kappa shape index (κ2) is 6.70. The van der Waals surface area contributed by atoms with Crippen LogP contribution in [-0.2, 0) is 4.79 Å². The predicted octanol–water partition coefficient (Wildman–Crippen LogP) is 2.35. The molecule has 0 aliphatic heterocycles. The van der Waals surface area contributed by atoms with Gasteiger partial charge in [0.2, 0.25) is 5.91 Å². The van der Waals surface area contributed by atoms with Crippen molar-refractivity contribution >= 4 is 28.8 Å². The van der Waals surface area contributed by atoms with Gasteiger partial charge in [0.15, 0.2) is 0 Å². The van der Waals surface area contributed by atoms with Crippen LogP contribution in [-0.4, -0.2) is 23.0 Å². The first-order valence-electron chi connectivity index (χ1n) is 6.64. The van der Waals surface area contributed by atoms with E-state index >= 15 is 0 Å². The minimum atomic E-state index is -0.188. The van der Waals surface area contributed by atoms with Crippen LogP contribution in [0.4, 0.5) is 5.69 Å². The first-order chi connectivity index (χ1) is 9.19. The third kappa shape index (κ3) is 5.57. The largest absolute Gasteiger partial charge is 0.389 e. The summed E-state index contributed by atoms with van der Waals surface area (Å²) in [7, 11) is 0. The van der Waals surface area contributed by atoms with Gasteiger partial charge in [0, 0.05) is 29.8 Å². The smallest absolute Gasteiger partial charge is 0.222 e. The van der Waals surface area contributed by atoms with E-state index < -0.39 is 0 Å². The highest BCUT2D eigenvalue weighted by Crippen LogP contribution is 2.15.